The van der Waals surface area contributed by atoms with Gasteiger partial charge in [-0.2, -0.15) is 0 Å². The van der Waals surface area contributed by atoms with Crippen LogP contribution in [0, 0.1) is 20.8 Å². The van der Waals surface area contributed by atoms with E-state index in [9.17, 15) is 4.79 Å². The number of carbonyl (C=O) groups excluding carboxylic acids is 1. The first-order valence-corrected chi connectivity index (χ1v) is 9.87. The van der Waals surface area contributed by atoms with Crippen molar-refractivity contribution in [2.45, 2.75) is 32.0 Å². The Bertz CT molecular complexity index is 851. The van der Waals surface area contributed by atoms with Crippen LogP contribution in [0.1, 0.15) is 34.1 Å². The summed E-state index contributed by atoms with van der Waals surface area (Å²) in [5, 5.41) is 3.79. The Morgan fingerprint density at radius 3 is 1.85 bits per heavy atom. The number of aryl methyl sites for hydroxylation is 2. The first kappa shape index (κ1) is 19.1. The molecule has 3 rings (SSSR count). The molecule has 0 saturated carbocycles. The highest BCUT2D eigenvalue weighted by Gasteiger charge is 2.17. The zero-order valence-electron chi connectivity index (χ0n) is 15.8. The molecule has 3 aromatic rings. The Balaban J connectivity index is 1.72. The zero-order valence-corrected chi connectivity index (χ0v) is 16.6. The number of hydrogen-bond acceptors (Lipinski definition) is 4. The van der Waals surface area contributed by atoms with Crippen LogP contribution in [0.4, 0.5) is 0 Å². The Kier molecular flexibility index (Phi) is 6.24. The fourth-order valence-corrected chi connectivity index (χ4v) is 3.54. The van der Waals surface area contributed by atoms with Crippen molar-refractivity contribution in [3.63, 3.8) is 0 Å². The minimum Gasteiger partial charge on any atom is -0.344 e. The third-order valence-corrected chi connectivity index (χ3v) is 5.36. The Hall–Kier alpha value is -2.66. The van der Waals surface area contributed by atoms with E-state index < -0.39 is 0 Å². The van der Waals surface area contributed by atoms with Crippen molar-refractivity contribution in [2.24, 2.45) is 0 Å². The molecule has 0 aliphatic heterocycles. The van der Waals surface area contributed by atoms with Gasteiger partial charge < -0.3 is 5.32 Å². The number of benzene rings is 2. The maximum absolute atomic E-state index is 12.6. The summed E-state index contributed by atoms with van der Waals surface area (Å²) in [6.07, 6.45) is 0. The molecule has 0 atom stereocenters. The molecule has 0 aliphatic rings. The van der Waals surface area contributed by atoms with Crippen molar-refractivity contribution in [3.8, 4) is 0 Å². The van der Waals surface area contributed by atoms with Crippen molar-refractivity contribution >= 4 is 17.7 Å². The highest BCUT2D eigenvalue weighted by Crippen LogP contribution is 2.23. The third kappa shape index (κ3) is 4.95. The van der Waals surface area contributed by atoms with Gasteiger partial charge in [0, 0.05) is 11.4 Å². The largest absolute Gasteiger partial charge is 0.344 e. The van der Waals surface area contributed by atoms with Crippen LogP contribution in [0.15, 0.2) is 65.8 Å². The maximum Gasteiger partial charge on any atom is 0.231 e. The van der Waals surface area contributed by atoms with Gasteiger partial charge in [0.25, 0.3) is 0 Å². The van der Waals surface area contributed by atoms with Crippen molar-refractivity contribution < 1.29 is 4.79 Å². The van der Waals surface area contributed by atoms with Gasteiger partial charge in [0.15, 0.2) is 5.16 Å². The summed E-state index contributed by atoms with van der Waals surface area (Å²) in [5.74, 6) is 0.232. The van der Waals surface area contributed by atoms with Crippen molar-refractivity contribution in [3.05, 3.63) is 88.7 Å². The van der Waals surface area contributed by atoms with Gasteiger partial charge in [0.1, 0.15) is 0 Å². The average Bonchev–Trinajstić information content (AvgIpc) is 2.70. The fourth-order valence-electron chi connectivity index (χ4n) is 2.79. The number of amides is 1. The van der Waals surface area contributed by atoms with Crippen LogP contribution in [0.25, 0.3) is 0 Å². The van der Waals surface area contributed by atoms with Crippen LogP contribution < -0.4 is 5.32 Å². The highest BCUT2D eigenvalue weighted by molar-refractivity contribution is 7.99. The summed E-state index contributed by atoms with van der Waals surface area (Å²) in [6.45, 7) is 5.94. The summed E-state index contributed by atoms with van der Waals surface area (Å²) in [6, 6.07) is 19.8. The van der Waals surface area contributed by atoms with E-state index in [0.717, 1.165) is 28.1 Å². The van der Waals surface area contributed by atoms with Crippen LogP contribution in [-0.4, -0.2) is 21.6 Å². The predicted molar refractivity (Wildman–Crippen MR) is 110 cm³/mol. The van der Waals surface area contributed by atoms with Crippen LogP contribution in [0.2, 0.25) is 0 Å². The van der Waals surface area contributed by atoms with Gasteiger partial charge in [-0.25, -0.2) is 9.97 Å². The van der Waals surface area contributed by atoms with E-state index in [4.69, 9.17) is 0 Å². The number of nitrogens with one attached hydrogen (secondary N) is 1. The maximum atomic E-state index is 12.6. The molecule has 1 heterocycles. The topological polar surface area (TPSA) is 54.9 Å². The number of hydrogen-bond donors (Lipinski definition) is 1. The lowest BCUT2D eigenvalue weighted by atomic mass is 9.99. The highest BCUT2D eigenvalue weighted by atomic mass is 32.2. The molecule has 0 radical (unpaired) electrons. The minimum absolute atomic E-state index is 0.0443. The number of rotatable bonds is 6. The van der Waals surface area contributed by atoms with Crippen LogP contribution in [0.5, 0.6) is 0 Å². The van der Waals surface area contributed by atoms with Crippen LogP contribution in [-0.2, 0) is 4.79 Å². The standard InChI is InChI=1S/C22H23N3OS/c1-15-16(2)23-22(24-17(15)3)27-14-20(26)25-21(18-10-6-4-7-11-18)19-12-8-5-9-13-19/h4-13,21H,14H2,1-3H3,(H,25,26). The van der Waals surface area contributed by atoms with Crippen molar-refractivity contribution in [2.75, 3.05) is 5.75 Å². The Morgan fingerprint density at radius 1 is 0.889 bits per heavy atom. The molecule has 5 heteroatoms. The SMILES string of the molecule is Cc1nc(SCC(=O)NC(c2ccccc2)c2ccccc2)nc(C)c1C. The molecule has 1 N–H and O–H groups in total. The van der Waals surface area contributed by atoms with E-state index in [1.165, 1.54) is 11.8 Å². The van der Waals surface area contributed by atoms with Crippen LogP contribution in [0.3, 0.4) is 0 Å². The van der Waals surface area contributed by atoms with Gasteiger partial charge in [0.05, 0.1) is 11.8 Å². The summed E-state index contributed by atoms with van der Waals surface area (Å²) in [5.41, 5.74) is 5.12. The van der Waals surface area contributed by atoms with E-state index >= 15 is 0 Å². The monoisotopic (exact) mass is 377 g/mol. The molecule has 1 amide bonds. The quantitative estimate of drug-likeness (QED) is 0.511. The normalized spacial score (nSPS) is 10.8. The van der Waals surface area contributed by atoms with Crippen LogP contribution >= 0.6 is 11.8 Å². The first-order chi connectivity index (χ1) is 13.0. The summed E-state index contributed by atoms with van der Waals surface area (Å²) in [7, 11) is 0. The molecule has 0 bridgehead atoms. The molecule has 4 nitrogen and oxygen atoms in total. The van der Waals surface area contributed by atoms with E-state index in [1.54, 1.807) is 0 Å². The summed E-state index contributed by atoms with van der Waals surface area (Å²) in [4.78, 5) is 21.6. The molecular weight excluding hydrogens is 354 g/mol. The predicted octanol–water partition coefficient (Wildman–Crippen LogP) is 4.40. The number of thioether (sulfide) groups is 1. The molecular formula is C22H23N3OS. The first-order valence-electron chi connectivity index (χ1n) is 8.88. The average molecular weight is 378 g/mol. The molecule has 0 saturated heterocycles. The van der Waals surface area contributed by atoms with Gasteiger partial charge >= 0.3 is 0 Å². The van der Waals surface area contributed by atoms with E-state index in [0.29, 0.717) is 5.16 Å². The molecule has 0 spiro atoms. The molecule has 0 fully saturated rings. The lowest BCUT2D eigenvalue weighted by Gasteiger charge is -2.19. The fraction of sp³-hybridized carbons (Fsp3) is 0.227. The second-order valence-electron chi connectivity index (χ2n) is 6.41. The third-order valence-electron chi connectivity index (χ3n) is 4.52. The van der Waals surface area contributed by atoms with Gasteiger partial charge in [-0.15, -0.1) is 0 Å². The molecule has 138 valence electrons. The lowest BCUT2D eigenvalue weighted by molar-refractivity contribution is -0.119. The molecule has 27 heavy (non-hydrogen) atoms. The molecule has 0 unspecified atom stereocenters. The number of nitrogens with zero attached hydrogens (tertiary/aromatic N) is 2. The van der Waals surface area contributed by atoms with E-state index in [1.807, 2.05) is 81.4 Å². The second kappa shape index (κ2) is 8.82. The summed E-state index contributed by atoms with van der Waals surface area (Å²) < 4.78 is 0. The van der Waals surface area contributed by atoms with Gasteiger partial charge in [-0.3, -0.25) is 4.79 Å². The second-order valence-corrected chi connectivity index (χ2v) is 7.36. The van der Waals surface area contributed by atoms with Gasteiger partial charge in [-0.1, -0.05) is 72.4 Å². The van der Waals surface area contributed by atoms with Crippen molar-refractivity contribution in [1.29, 1.82) is 0 Å². The zero-order chi connectivity index (χ0) is 19.2. The molecule has 0 aliphatic carbocycles. The van der Waals surface area contributed by atoms with Crippen molar-refractivity contribution in [1.82, 2.24) is 15.3 Å². The summed E-state index contributed by atoms with van der Waals surface area (Å²) >= 11 is 1.36. The Labute approximate surface area is 164 Å². The number of carbonyl (C=O) groups is 1. The minimum atomic E-state index is -0.178. The van der Waals surface area contributed by atoms with E-state index in [-0.39, 0.29) is 17.7 Å². The molecule has 2 aromatic carbocycles. The van der Waals surface area contributed by atoms with Gasteiger partial charge in [-0.05, 0) is 37.5 Å². The van der Waals surface area contributed by atoms with Gasteiger partial charge in [0.2, 0.25) is 5.91 Å². The van der Waals surface area contributed by atoms with E-state index in [2.05, 4.69) is 15.3 Å². The number of aromatic nitrogens is 2. The smallest absolute Gasteiger partial charge is 0.231 e. The Morgan fingerprint density at radius 2 is 1.37 bits per heavy atom. The molecule has 1 aromatic heterocycles. The lowest BCUT2D eigenvalue weighted by Crippen LogP contribution is -2.30.